The molecule has 2 rings (SSSR count). The van der Waals surface area contributed by atoms with E-state index in [9.17, 15) is 0 Å². The lowest BCUT2D eigenvalue weighted by Gasteiger charge is -2.01. The molecule has 0 aliphatic heterocycles. The molecule has 0 spiro atoms. The van der Waals surface area contributed by atoms with E-state index >= 15 is 0 Å². The molecule has 0 saturated carbocycles. The number of nitriles is 1. The van der Waals surface area contributed by atoms with E-state index in [0.717, 1.165) is 0 Å². The molecule has 1 aromatic carbocycles. The molecule has 0 N–H and O–H groups in total. The summed E-state index contributed by atoms with van der Waals surface area (Å²) in [6.07, 6.45) is 0. The van der Waals surface area contributed by atoms with Crippen molar-refractivity contribution >= 4 is 54.5 Å². The van der Waals surface area contributed by atoms with Gasteiger partial charge in [-0.3, -0.25) is 0 Å². The van der Waals surface area contributed by atoms with Crippen molar-refractivity contribution in [3.63, 3.8) is 0 Å². The first-order valence-electron chi connectivity index (χ1n) is 3.84. The normalized spacial score (nSPS) is 10.3. The second-order valence-corrected chi connectivity index (χ2v) is 4.65. The van der Waals surface area contributed by atoms with Crippen LogP contribution in [0.4, 0.5) is 0 Å². The molecule has 0 atom stereocenters. The smallest absolute Gasteiger partial charge is 0.139 e. The number of hydrogen-bond donors (Lipinski definition) is 0. The van der Waals surface area contributed by atoms with Gasteiger partial charge in [-0.05, 0) is 44.0 Å². The molecule has 6 heteroatoms. The van der Waals surface area contributed by atoms with Crippen LogP contribution < -0.4 is 0 Å². The molecule has 0 saturated heterocycles. The summed E-state index contributed by atoms with van der Waals surface area (Å²) in [7, 11) is 0. The Labute approximate surface area is 107 Å². The van der Waals surface area contributed by atoms with Gasteiger partial charge in [0.1, 0.15) is 15.3 Å². The minimum Gasteiger partial charge on any atom is -0.236 e. The van der Waals surface area contributed by atoms with Crippen LogP contribution in [0.2, 0.25) is 5.02 Å². The Morgan fingerprint density at radius 1 is 1.13 bits per heavy atom. The van der Waals surface area contributed by atoms with Crippen LogP contribution in [0.3, 0.4) is 0 Å². The summed E-state index contributed by atoms with van der Waals surface area (Å²) in [6.45, 7) is 0. The van der Waals surface area contributed by atoms with Gasteiger partial charge in [0.15, 0.2) is 0 Å². The van der Waals surface area contributed by atoms with Gasteiger partial charge in [-0.15, -0.1) is 0 Å². The largest absolute Gasteiger partial charge is 0.236 e. The van der Waals surface area contributed by atoms with E-state index in [2.05, 4.69) is 41.8 Å². The van der Waals surface area contributed by atoms with Crippen molar-refractivity contribution in [2.45, 2.75) is 0 Å². The number of benzene rings is 1. The van der Waals surface area contributed by atoms with Crippen molar-refractivity contribution in [3.05, 3.63) is 31.9 Å². The van der Waals surface area contributed by atoms with E-state index in [1.807, 2.05) is 6.07 Å². The van der Waals surface area contributed by atoms with Gasteiger partial charge in [-0.2, -0.15) is 5.26 Å². The predicted octanol–water partition coefficient (Wildman–Crippen LogP) is 3.68. The van der Waals surface area contributed by atoms with E-state index in [1.54, 1.807) is 12.1 Å². The van der Waals surface area contributed by atoms with Gasteiger partial charge in [0.25, 0.3) is 0 Å². The highest BCUT2D eigenvalue weighted by Gasteiger charge is 2.07. The summed E-state index contributed by atoms with van der Waals surface area (Å²) in [5, 5.41) is 9.18. The van der Waals surface area contributed by atoms with Gasteiger partial charge in [-0.1, -0.05) is 11.6 Å². The van der Waals surface area contributed by atoms with Gasteiger partial charge in [0.2, 0.25) is 0 Å². The number of nitrogens with zero attached hydrogens (tertiary/aromatic N) is 3. The fourth-order valence-corrected chi connectivity index (χ4v) is 1.88. The Morgan fingerprint density at radius 3 is 2.20 bits per heavy atom. The van der Waals surface area contributed by atoms with E-state index in [-0.39, 0.29) is 0 Å². The van der Waals surface area contributed by atoms with E-state index < -0.39 is 0 Å². The van der Waals surface area contributed by atoms with Crippen molar-refractivity contribution in [3.8, 4) is 6.07 Å². The fraction of sp³-hybridized carbons (Fsp3) is 0. The van der Waals surface area contributed by atoms with E-state index in [0.29, 0.717) is 30.8 Å². The van der Waals surface area contributed by atoms with Crippen LogP contribution in [0.25, 0.3) is 11.0 Å². The summed E-state index contributed by atoms with van der Waals surface area (Å²) < 4.78 is 1.21. The zero-order valence-corrected chi connectivity index (χ0v) is 11.1. The third kappa shape index (κ3) is 1.98. The van der Waals surface area contributed by atoms with Crippen molar-refractivity contribution in [1.82, 2.24) is 9.97 Å². The molecule has 0 radical (unpaired) electrons. The maximum Gasteiger partial charge on any atom is 0.139 e. The standard InChI is InChI=1S/C9H2Br2ClN3/c10-8-9(11)15-7-2-5(12)4(3-13)1-6(7)14-8/h1-2H. The molecule has 0 aliphatic carbocycles. The first kappa shape index (κ1) is 10.8. The van der Waals surface area contributed by atoms with Gasteiger partial charge in [0, 0.05) is 0 Å². The van der Waals surface area contributed by atoms with Crippen molar-refractivity contribution in [2.24, 2.45) is 0 Å². The Balaban J connectivity index is 2.84. The fourth-order valence-electron chi connectivity index (χ4n) is 1.12. The molecule has 15 heavy (non-hydrogen) atoms. The van der Waals surface area contributed by atoms with Crippen LogP contribution in [0.1, 0.15) is 5.56 Å². The minimum absolute atomic E-state index is 0.383. The van der Waals surface area contributed by atoms with E-state index in [4.69, 9.17) is 16.9 Å². The van der Waals surface area contributed by atoms with Gasteiger partial charge >= 0.3 is 0 Å². The highest BCUT2D eigenvalue weighted by atomic mass is 79.9. The molecule has 1 heterocycles. The van der Waals surface area contributed by atoms with Gasteiger partial charge in [0.05, 0.1) is 21.6 Å². The zero-order chi connectivity index (χ0) is 11.0. The summed E-state index contributed by atoms with van der Waals surface area (Å²) in [5.74, 6) is 0. The Kier molecular flexibility index (Phi) is 2.91. The van der Waals surface area contributed by atoms with Gasteiger partial charge < -0.3 is 0 Å². The second-order valence-electron chi connectivity index (χ2n) is 2.74. The lowest BCUT2D eigenvalue weighted by Crippen LogP contribution is -1.89. The molecule has 0 bridgehead atoms. The maximum absolute atomic E-state index is 8.80. The zero-order valence-electron chi connectivity index (χ0n) is 7.13. The number of fused-ring (bicyclic) bond motifs is 1. The minimum atomic E-state index is 0.383. The van der Waals surface area contributed by atoms with Crippen LogP contribution in [-0.4, -0.2) is 9.97 Å². The first-order chi connectivity index (χ1) is 7.11. The Morgan fingerprint density at radius 2 is 1.67 bits per heavy atom. The predicted molar refractivity (Wildman–Crippen MR) is 64.7 cm³/mol. The Hall–Kier alpha value is -0.700. The third-order valence-electron chi connectivity index (χ3n) is 1.79. The molecule has 3 nitrogen and oxygen atoms in total. The third-order valence-corrected chi connectivity index (χ3v) is 3.74. The number of halogens is 3. The van der Waals surface area contributed by atoms with Crippen molar-refractivity contribution in [2.75, 3.05) is 0 Å². The summed E-state index contributed by atoms with van der Waals surface area (Å²) in [5.41, 5.74) is 1.67. The summed E-state index contributed by atoms with van der Waals surface area (Å²) in [4.78, 5) is 8.45. The van der Waals surface area contributed by atoms with Crippen LogP contribution >= 0.6 is 43.5 Å². The molecule has 0 amide bonds. The Bertz CT molecular complexity index is 592. The van der Waals surface area contributed by atoms with Crippen LogP contribution in [0.15, 0.2) is 21.3 Å². The van der Waals surface area contributed by atoms with Gasteiger partial charge in [-0.25, -0.2) is 9.97 Å². The quantitative estimate of drug-likeness (QED) is 0.730. The molecule has 0 unspecified atom stereocenters. The molecule has 1 aromatic heterocycles. The number of aromatic nitrogens is 2. The summed E-state index contributed by atoms with van der Waals surface area (Å²) in [6, 6.07) is 5.23. The molecule has 2 aromatic rings. The first-order valence-corrected chi connectivity index (χ1v) is 5.80. The topological polar surface area (TPSA) is 49.6 Å². The molecular weight excluding hydrogens is 345 g/mol. The molecule has 0 aliphatic rings. The summed E-state index contributed by atoms with van der Waals surface area (Å²) >= 11 is 12.4. The number of hydrogen-bond acceptors (Lipinski definition) is 3. The van der Waals surface area contributed by atoms with E-state index in [1.165, 1.54) is 0 Å². The van der Waals surface area contributed by atoms with Crippen molar-refractivity contribution < 1.29 is 0 Å². The highest BCUT2D eigenvalue weighted by molar-refractivity contribution is 9.13. The van der Waals surface area contributed by atoms with Crippen LogP contribution in [-0.2, 0) is 0 Å². The van der Waals surface area contributed by atoms with Crippen LogP contribution in [0.5, 0.6) is 0 Å². The SMILES string of the molecule is N#Cc1cc2nc(Br)c(Br)nc2cc1Cl. The number of rotatable bonds is 0. The lowest BCUT2D eigenvalue weighted by molar-refractivity contribution is 1.20. The molecule has 74 valence electrons. The highest BCUT2D eigenvalue weighted by Crippen LogP contribution is 2.26. The molecular formula is C9H2Br2ClN3. The monoisotopic (exact) mass is 345 g/mol. The average molecular weight is 347 g/mol. The van der Waals surface area contributed by atoms with Crippen molar-refractivity contribution in [1.29, 1.82) is 5.26 Å². The molecule has 0 fully saturated rings. The second kappa shape index (κ2) is 4.05. The maximum atomic E-state index is 8.80. The van der Waals surface area contributed by atoms with Crippen LogP contribution in [0, 0.1) is 11.3 Å². The lowest BCUT2D eigenvalue weighted by atomic mass is 10.2. The average Bonchev–Trinajstić information content (AvgIpc) is 2.20.